The second kappa shape index (κ2) is 6.30. The van der Waals surface area contributed by atoms with Crippen LogP contribution in [-0.2, 0) is 6.18 Å². The molecule has 1 aliphatic rings. The van der Waals surface area contributed by atoms with Crippen molar-refractivity contribution in [2.75, 3.05) is 32.0 Å². The molecule has 0 unspecified atom stereocenters. The summed E-state index contributed by atoms with van der Waals surface area (Å²) in [6.45, 7) is 3.06. The SMILES string of the molecule is Nc1cnc(C(F)(F)F)cc1OCCN1CCCCC1. The highest BCUT2D eigenvalue weighted by atomic mass is 19.4. The molecule has 112 valence electrons. The van der Waals surface area contributed by atoms with Crippen LogP contribution in [0.4, 0.5) is 18.9 Å². The van der Waals surface area contributed by atoms with Gasteiger partial charge in [-0.15, -0.1) is 0 Å². The minimum Gasteiger partial charge on any atom is -0.490 e. The number of likely N-dealkylation sites (tertiary alicyclic amines) is 1. The predicted molar refractivity (Wildman–Crippen MR) is 69.4 cm³/mol. The van der Waals surface area contributed by atoms with Gasteiger partial charge < -0.3 is 10.5 Å². The molecule has 2 N–H and O–H groups in total. The van der Waals surface area contributed by atoms with Crippen molar-refractivity contribution >= 4 is 5.69 Å². The standard InChI is InChI=1S/C13H18F3N3O/c14-13(15,16)12-8-11(10(17)9-18-12)20-7-6-19-4-2-1-3-5-19/h8-9H,1-7,17H2. The van der Waals surface area contributed by atoms with Gasteiger partial charge in [-0.3, -0.25) is 4.90 Å². The van der Waals surface area contributed by atoms with Crippen LogP contribution in [0.5, 0.6) is 5.75 Å². The number of anilines is 1. The zero-order valence-electron chi connectivity index (χ0n) is 11.1. The molecule has 20 heavy (non-hydrogen) atoms. The largest absolute Gasteiger partial charge is 0.490 e. The molecule has 4 nitrogen and oxygen atoms in total. The van der Waals surface area contributed by atoms with Crippen molar-refractivity contribution < 1.29 is 17.9 Å². The molecule has 0 radical (unpaired) electrons. The number of alkyl halides is 3. The Morgan fingerprint density at radius 3 is 2.60 bits per heavy atom. The third-order valence-corrected chi connectivity index (χ3v) is 3.30. The van der Waals surface area contributed by atoms with E-state index in [0.717, 1.165) is 38.2 Å². The molecule has 2 rings (SSSR count). The summed E-state index contributed by atoms with van der Waals surface area (Å²) in [4.78, 5) is 5.51. The normalized spacial score (nSPS) is 17.1. The first kappa shape index (κ1) is 14.9. The molecule has 1 aromatic heterocycles. The van der Waals surface area contributed by atoms with Crippen LogP contribution in [0, 0.1) is 0 Å². The van der Waals surface area contributed by atoms with Gasteiger partial charge in [-0.2, -0.15) is 13.2 Å². The van der Waals surface area contributed by atoms with Crippen molar-refractivity contribution in [2.24, 2.45) is 0 Å². The van der Waals surface area contributed by atoms with Crippen molar-refractivity contribution in [1.82, 2.24) is 9.88 Å². The number of nitrogens with two attached hydrogens (primary N) is 1. The summed E-state index contributed by atoms with van der Waals surface area (Å²) in [5.74, 6) is 0.0457. The van der Waals surface area contributed by atoms with E-state index in [9.17, 15) is 13.2 Å². The van der Waals surface area contributed by atoms with Crippen LogP contribution < -0.4 is 10.5 Å². The molecular formula is C13H18F3N3O. The van der Waals surface area contributed by atoms with Crippen molar-refractivity contribution in [1.29, 1.82) is 0 Å². The lowest BCUT2D eigenvalue weighted by Crippen LogP contribution is -2.33. The Morgan fingerprint density at radius 2 is 1.95 bits per heavy atom. The first-order valence-corrected chi connectivity index (χ1v) is 6.64. The van der Waals surface area contributed by atoms with Crippen LogP contribution in [0.25, 0.3) is 0 Å². The van der Waals surface area contributed by atoms with Crippen LogP contribution in [0.1, 0.15) is 25.0 Å². The van der Waals surface area contributed by atoms with E-state index < -0.39 is 11.9 Å². The summed E-state index contributed by atoms with van der Waals surface area (Å²) >= 11 is 0. The molecular weight excluding hydrogens is 271 g/mol. The van der Waals surface area contributed by atoms with E-state index in [1.165, 1.54) is 6.42 Å². The van der Waals surface area contributed by atoms with Gasteiger partial charge in [0.1, 0.15) is 18.1 Å². The number of piperidine rings is 1. The molecule has 1 saturated heterocycles. The lowest BCUT2D eigenvalue weighted by Gasteiger charge is -2.26. The van der Waals surface area contributed by atoms with Gasteiger partial charge >= 0.3 is 6.18 Å². The molecule has 7 heteroatoms. The number of ether oxygens (including phenoxy) is 1. The Labute approximate surface area is 115 Å². The zero-order chi connectivity index (χ0) is 14.6. The Kier molecular flexibility index (Phi) is 4.69. The number of rotatable bonds is 4. The molecule has 0 aliphatic carbocycles. The molecule has 0 atom stereocenters. The molecule has 0 saturated carbocycles. The molecule has 2 heterocycles. The maximum absolute atomic E-state index is 12.5. The van der Waals surface area contributed by atoms with Crippen LogP contribution in [0.15, 0.2) is 12.3 Å². The summed E-state index contributed by atoms with van der Waals surface area (Å²) in [6, 6.07) is 0.853. The molecule has 1 aromatic rings. The topological polar surface area (TPSA) is 51.4 Å². The molecule has 0 spiro atoms. The maximum atomic E-state index is 12.5. The Hall–Kier alpha value is -1.50. The van der Waals surface area contributed by atoms with Gasteiger partial charge in [0.05, 0.1) is 11.9 Å². The van der Waals surface area contributed by atoms with Gasteiger partial charge in [0.25, 0.3) is 0 Å². The van der Waals surface area contributed by atoms with Gasteiger partial charge in [0.2, 0.25) is 0 Å². The molecule has 0 amide bonds. The van der Waals surface area contributed by atoms with Crippen molar-refractivity contribution in [3.05, 3.63) is 18.0 Å². The van der Waals surface area contributed by atoms with Crippen LogP contribution in [-0.4, -0.2) is 36.1 Å². The van der Waals surface area contributed by atoms with Crippen molar-refractivity contribution in [3.8, 4) is 5.75 Å². The summed E-state index contributed by atoms with van der Waals surface area (Å²) < 4.78 is 43.0. The highest BCUT2D eigenvalue weighted by Crippen LogP contribution is 2.32. The van der Waals surface area contributed by atoms with E-state index in [0.29, 0.717) is 13.2 Å². The summed E-state index contributed by atoms with van der Waals surface area (Å²) in [5, 5.41) is 0. The summed E-state index contributed by atoms with van der Waals surface area (Å²) in [7, 11) is 0. The lowest BCUT2D eigenvalue weighted by atomic mass is 10.1. The smallest absolute Gasteiger partial charge is 0.433 e. The number of nitrogens with zero attached hydrogens (tertiary/aromatic N) is 2. The number of nitrogen functional groups attached to an aromatic ring is 1. The quantitative estimate of drug-likeness (QED) is 0.925. The van der Waals surface area contributed by atoms with E-state index in [-0.39, 0.29) is 11.4 Å². The van der Waals surface area contributed by atoms with Crippen LogP contribution in [0.3, 0.4) is 0 Å². The molecule has 0 bridgehead atoms. The van der Waals surface area contributed by atoms with E-state index in [1.54, 1.807) is 0 Å². The first-order valence-electron chi connectivity index (χ1n) is 6.64. The summed E-state index contributed by atoms with van der Waals surface area (Å²) in [5.41, 5.74) is 4.72. The fraction of sp³-hybridized carbons (Fsp3) is 0.615. The second-order valence-electron chi connectivity index (χ2n) is 4.86. The van der Waals surface area contributed by atoms with E-state index in [1.807, 2.05) is 0 Å². The number of halogens is 3. The van der Waals surface area contributed by atoms with Crippen molar-refractivity contribution in [2.45, 2.75) is 25.4 Å². The van der Waals surface area contributed by atoms with Crippen LogP contribution in [0.2, 0.25) is 0 Å². The number of hydrogen-bond acceptors (Lipinski definition) is 4. The summed E-state index contributed by atoms with van der Waals surface area (Å²) in [6.07, 6.45) is 0.0621. The van der Waals surface area contributed by atoms with Gasteiger partial charge in [-0.25, -0.2) is 4.98 Å². The van der Waals surface area contributed by atoms with Gasteiger partial charge in [0, 0.05) is 12.6 Å². The van der Waals surface area contributed by atoms with Gasteiger partial charge in [-0.05, 0) is 25.9 Å². The average Bonchev–Trinajstić information content (AvgIpc) is 2.41. The monoisotopic (exact) mass is 289 g/mol. The second-order valence-corrected chi connectivity index (χ2v) is 4.86. The molecule has 1 fully saturated rings. The Morgan fingerprint density at radius 1 is 1.25 bits per heavy atom. The Balaban J connectivity index is 1.91. The van der Waals surface area contributed by atoms with Crippen LogP contribution >= 0.6 is 0 Å². The van der Waals surface area contributed by atoms with Crippen molar-refractivity contribution in [3.63, 3.8) is 0 Å². The maximum Gasteiger partial charge on any atom is 0.433 e. The van der Waals surface area contributed by atoms with E-state index in [2.05, 4.69) is 9.88 Å². The number of aromatic nitrogens is 1. The minimum atomic E-state index is -4.49. The fourth-order valence-electron chi connectivity index (χ4n) is 2.20. The zero-order valence-corrected chi connectivity index (χ0v) is 11.1. The van der Waals surface area contributed by atoms with E-state index >= 15 is 0 Å². The van der Waals surface area contributed by atoms with Gasteiger partial charge in [0.15, 0.2) is 0 Å². The highest BCUT2D eigenvalue weighted by Gasteiger charge is 2.33. The first-order chi connectivity index (χ1) is 9.47. The third kappa shape index (κ3) is 4.00. The highest BCUT2D eigenvalue weighted by molar-refractivity contribution is 5.51. The minimum absolute atomic E-state index is 0.0457. The fourth-order valence-corrected chi connectivity index (χ4v) is 2.20. The number of pyridine rings is 1. The Bertz CT molecular complexity index is 445. The van der Waals surface area contributed by atoms with E-state index in [4.69, 9.17) is 10.5 Å². The lowest BCUT2D eigenvalue weighted by molar-refractivity contribution is -0.141. The third-order valence-electron chi connectivity index (χ3n) is 3.30. The predicted octanol–water partition coefficient (Wildman–Crippen LogP) is 2.55. The van der Waals surface area contributed by atoms with Gasteiger partial charge in [-0.1, -0.05) is 6.42 Å². The average molecular weight is 289 g/mol. The molecule has 0 aromatic carbocycles. The molecule has 1 aliphatic heterocycles. The number of hydrogen-bond donors (Lipinski definition) is 1.